The lowest BCUT2D eigenvalue weighted by Crippen LogP contribution is -2.33. The molecular weight excluding hydrogens is 296 g/mol. The Kier molecular flexibility index (Phi) is 4.92. The largest absolute Gasteiger partial charge is 0.393 e. The van der Waals surface area contributed by atoms with Gasteiger partial charge in [-0.05, 0) is 31.2 Å². The number of hydrogen-bond donors (Lipinski definition) is 2. The molecule has 0 aromatic heterocycles. The second-order valence-electron chi connectivity index (χ2n) is 5.26. The highest BCUT2D eigenvalue weighted by Gasteiger charge is 2.27. The summed E-state index contributed by atoms with van der Waals surface area (Å²) in [4.78, 5) is 9.86. The molecular formula is C13H18N2O5S. The Bertz CT molecular complexity index is 617. The average molecular weight is 314 g/mol. The number of benzene rings is 1. The Morgan fingerprint density at radius 1 is 1.33 bits per heavy atom. The van der Waals surface area contributed by atoms with Crippen molar-refractivity contribution in [2.45, 2.75) is 36.7 Å². The molecule has 21 heavy (non-hydrogen) atoms. The lowest BCUT2D eigenvalue weighted by molar-refractivity contribution is -0.387. The fourth-order valence-corrected chi connectivity index (χ4v) is 3.87. The third-order valence-corrected chi connectivity index (χ3v) is 5.14. The first kappa shape index (κ1) is 15.9. The van der Waals surface area contributed by atoms with Gasteiger partial charge in [0.2, 0.25) is 10.0 Å². The topological polar surface area (TPSA) is 110 Å². The SMILES string of the molecule is O=[N+]([O-])c1ccccc1S(=O)(=O)NCC1CCCC(O)C1. The smallest absolute Gasteiger partial charge is 0.289 e. The van der Waals surface area contributed by atoms with Crippen molar-refractivity contribution in [1.29, 1.82) is 0 Å². The van der Waals surface area contributed by atoms with E-state index in [1.165, 1.54) is 24.3 Å². The fourth-order valence-electron chi connectivity index (χ4n) is 2.59. The van der Waals surface area contributed by atoms with Crippen LogP contribution in [0.4, 0.5) is 5.69 Å². The molecule has 1 aromatic rings. The Balaban J connectivity index is 2.10. The minimum atomic E-state index is -3.93. The quantitative estimate of drug-likeness (QED) is 0.631. The summed E-state index contributed by atoms with van der Waals surface area (Å²) in [6, 6.07) is 5.26. The highest BCUT2D eigenvalue weighted by atomic mass is 32.2. The number of rotatable bonds is 5. The van der Waals surface area contributed by atoms with Crippen LogP contribution in [-0.2, 0) is 10.0 Å². The summed E-state index contributed by atoms with van der Waals surface area (Å²) in [7, 11) is -3.93. The molecule has 116 valence electrons. The molecule has 1 aromatic carbocycles. The molecule has 1 aliphatic carbocycles. The van der Waals surface area contributed by atoms with Crippen LogP contribution < -0.4 is 4.72 Å². The number of nitro groups is 1. The summed E-state index contributed by atoms with van der Waals surface area (Å²) in [6.07, 6.45) is 2.61. The van der Waals surface area contributed by atoms with Gasteiger partial charge in [0, 0.05) is 12.6 Å². The molecule has 2 atom stereocenters. The summed E-state index contributed by atoms with van der Waals surface area (Å²) in [5, 5.41) is 20.5. The number of aliphatic hydroxyl groups excluding tert-OH is 1. The van der Waals surface area contributed by atoms with Crippen molar-refractivity contribution in [1.82, 2.24) is 4.72 Å². The third-order valence-electron chi connectivity index (χ3n) is 3.67. The van der Waals surface area contributed by atoms with Crippen LogP contribution in [0.2, 0.25) is 0 Å². The normalized spacial score (nSPS) is 22.9. The third kappa shape index (κ3) is 3.99. The fraction of sp³-hybridized carbons (Fsp3) is 0.538. The molecule has 0 radical (unpaired) electrons. The van der Waals surface area contributed by atoms with Gasteiger partial charge in [0.25, 0.3) is 5.69 Å². The number of sulfonamides is 1. The van der Waals surface area contributed by atoms with E-state index in [1.807, 2.05) is 0 Å². The van der Waals surface area contributed by atoms with Crippen LogP contribution in [0.1, 0.15) is 25.7 Å². The zero-order valence-electron chi connectivity index (χ0n) is 11.4. The first-order valence-corrected chi connectivity index (χ1v) is 8.29. The van der Waals surface area contributed by atoms with Gasteiger partial charge >= 0.3 is 0 Å². The van der Waals surface area contributed by atoms with E-state index in [4.69, 9.17) is 0 Å². The van der Waals surface area contributed by atoms with Crippen molar-refractivity contribution in [3.8, 4) is 0 Å². The summed E-state index contributed by atoms with van der Waals surface area (Å²) < 4.78 is 26.8. The minimum Gasteiger partial charge on any atom is -0.393 e. The molecule has 0 heterocycles. The summed E-state index contributed by atoms with van der Waals surface area (Å²) >= 11 is 0. The maximum atomic E-state index is 12.2. The van der Waals surface area contributed by atoms with E-state index in [-0.39, 0.29) is 23.5 Å². The Morgan fingerprint density at radius 3 is 2.71 bits per heavy atom. The van der Waals surface area contributed by atoms with Crippen molar-refractivity contribution in [2.24, 2.45) is 5.92 Å². The maximum absolute atomic E-state index is 12.2. The number of nitro benzene ring substituents is 1. The number of nitrogens with zero attached hydrogens (tertiary/aromatic N) is 1. The molecule has 2 unspecified atom stereocenters. The number of para-hydroxylation sites is 1. The maximum Gasteiger partial charge on any atom is 0.289 e. The second kappa shape index (κ2) is 6.50. The molecule has 1 saturated carbocycles. The molecule has 1 aliphatic rings. The highest BCUT2D eigenvalue weighted by Crippen LogP contribution is 2.26. The predicted octanol–water partition coefficient (Wildman–Crippen LogP) is 1.42. The molecule has 8 heteroatoms. The van der Waals surface area contributed by atoms with Crippen LogP contribution in [-0.4, -0.2) is 31.1 Å². The molecule has 0 aliphatic heterocycles. The van der Waals surface area contributed by atoms with Gasteiger partial charge in [0.05, 0.1) is 11.0 Å². The van der Waals surface area contributed by atoms with E-state index in [1.54, 1.807) is 0 Å². The van der Waals surface area contributed by atoms with Crippen LogP contribution in [0.5, 0.6) is 0 Å². The Hall–Kier alpha value is -1.51. The number of aliphatic hydroxyl groups is 1. The molecule has 1 fully saturated rings. The van der Waals surface area contributed by atoms with E-state index in [0.717, 1.165) is 19.3 Å². The van der Waals surface area contributed by atoms with Crippen LogP contribution in [0.15, 0.2) is 29.2 Å². The second-order valence-corrected chi connectivity index (χ2v) is 7.00. The monoisotopic (exact) mass is 314 g/mol. The molecule has 0 saturated heterocycles. The average Bonchev–Trinajstić information content (AvgIpc) is 2.45. The van der Waals surface area contributed by atoms with Crippen molar-refractivity contribution < 1.29 is 18.4 Å². The molecule has 0 amide bonds. The van der Waals surface area contributed by atoms with Crippen molar-refractivity contribution in [2.75, 3.05) is 6.54 Å². The molecule has 0 bridgehead atoms. The van der Waals surface area contributed by atoms with Crippen LogP contribution >= 0.6 is 0 Å². The summed E-state index contributed by atoms with van der Waals surface area (Å²) in [6.45, 7) is 0.186. The summed E-state index contributed by atoms with van der Waals surface area (Å²) in [5.74, 6) is 0.0614. The van der Waals surface area contributed by atoms with E-state index < -0.39 is 20.6 Å². The summed E-state index contributed by atoms with van der Waals surface area (Å²) in [5.41, 5.74) is -0.436. The highest BCUT2D eigenvalue weighted by molar-refractivity contribution is 7.89. The van der Waals surface area contributed by atoms with E-state index >= 15 is 0 Å². The molecule has 2 rings (SSSR count). The lowest BCUT2D eigenvalue weighted by Gasteiger charge is -2.25. The first-order valence-electron chi connectivity index (χ1n) is 6.81. The van der Waals surface area contributed by atoms with Crippen molar-refractivity contribution in [3.05, 3.63) is 34.4 Å². The van der Waals surface area contributed by atoms with Gasteiger partial charge in [-0.25, -0.2) is 13.1 Å². The number of hydrogen-bond acceptors (Lipinski definition) is 5. The van der Waals surface area contributed by atoms with E-state index in [0.29, 0.717) is 6.42 Å². The van der Waals surface area contributed by atoms with Gasteiger partial charge in [-0.3, -0.25) is 10.1 Å². The molecule has 7 nitrogen and oxygen atoms in total. The van der Waals surface area contributed by atoms with Gasteiger partial charge < -0.3 is 5.11 Å². The van der Waals surface area contributed by atoms with Gasteiger partial charge in [-0.2, -0.15) is 0 Å². The van der Waals surface area contributed by atoms with Gasteiger partial charge in [-0.1, -0.05) is 18.6 Å². The van der Waals surface area contributed by atoms with Crippen LogP contribution in [0, 0.1) is 16.0 Å². The van der Waals surface area contributed by atoms with E-state index in [9.17, 15) is 23.6 Å². The minimum absolute atomic E-state index is 0.0614. The Morgan fingerprint density at radius 2 is 2.05 bits per heavy atom. The van der Waals surface area contributed by atoms with Gasteiger partial charge in [0.15, 0.2) is 4.90 Å². The van der Waals surface area contributed by atoms with Crippen molar-refractivity contribution >= 4 is 15.7 Å². The zero-order chi connectivity index (χ0) is 15.5. The van der Waals surface area contributed by atoms with E-state index in [2.05, 4.69) is 4.72 Å². The molecule has 0 spiro atoms. The Labute approximate surface area is 123 Å². The van der Waals surface area contributed by atoms with Crippen molar-refractivity contribution in [3.63, 3.8) is 0 Å². The van der Waals surface area contributed by atoms with Crippen LogP contribution in [0.3, 0.4) is 0 Å². The van der Waals surface area contributed by atoms with Crippen LogP contribution in [0.25, 0.3) is 0 Å². The number of nitrogens with one attached hydrogen (secondary N) is 1. The molecule has 2 N–H and O–H groups in total. The standard InChI is InChI=1S/C13H18N2O5S/c16-11-5-3-4-10(8-11)9-14-21(19,20)13-7-2-1-6-12(13)15(17)18/h1-2,6-7,10-11,14,16H,3-5,8-9H2. The first-order chi connectivity index (χ1) is 9.90. The van der Waals surface area contributed by atoms with Gasteiger partial charge in [0.1, 0.15) is 0 Å². The zero-order valence-corrected chi connectivity index (χ0v) is 12.3. The lowest BCUT2D eigenvalue weighted by atomic mass is 9.87. The van der Waals surface area contributed by atoms with Gasteiger partial charge in [-0.15, -0.1) is 0 Å². The predicted molar refractivity (Wildman–Crippen MR) is 76.2 cm³/mol.